The molecule has 0 saturated heterocycles. The maximum Gasteiger partial charge on any atom is 0.359 e. The van der Waals surface area contributed by atoms with Crippen molar-refractivity contribution in [1.29, 1.82) is 0 Å². The zero-order valence-corrected chi connectivity index (χ0v) is 15.8. The second kappa shape index (κ2) is 5.92. The summed E-state index contributed by atoms with van der Waals surface area (Å²) in [5, 5.41) is 7.43. The lowest BCUT2D eigenvalue weighted by Gasteiger charge is -2.13. The summed E-state index contributed by atoms with van der Waals surface area (Å²) in [7, 11) is 1.71. The second-order valence-corrected chi connectivity index (χ2v) is 6.32. The number of halogens is 2. The molecule has 0 aliphatic carbocycles. The molecule has 3 heteroatoms. The molecule has 0 aliphatic heterocycles. The first kappa shape index (κ1) is 16.2. The van der Waals surface area contributed by atoms with Crippen molar-refractivity contribution >= 4 is 32.3 Å². The van der Waals surface area contributed by atoms with Gasteiger partial charge in [-0.15, -0.1) is 4.39 Å². The minimum Gasteiger partial charge on any atom is -1.00 e. The molecule has 1 aromatic heterocycles. The number of hydrogen-bond acceptors (Lipinski definition) is 0. The zero-order chi connectivity index (χ0) is 16.3. The Morgan fingerprint density at radius 2 is 1.40 bits per heavy atom. The maximum atomic E-state index is 14.0. The van der Waals surface area contributed by atoms with Crippen LogP contribution in [0, 0.1) is 5.95 Å². The number of rotatable bonds is 1. The Hall–Kier alpha value is -2.27. The molecule has 5 rings (SSSR count). The van der Waals surface area contributed by atoms with Gasteiger partial charge in [0.1, 0.15) is 7.05 Å². The van der Waals surface area contributed by atoms with Crippen molar-refractivity contribution in [3.05, 3.63) is 78.9 Å². The van der Waals surface area contributed by atoms with E-state index in [1.165, 1.54) is 36.9 Å². The molecule has 0 radical (unpaired) electrons. The first-order valence-corrected chi connectivity index (χ1v) is 8.04. The Morgan fingerprint density at radius 3 is 2.12 bits per heavy atom. The van der Waals surface area contributed by atoms with Crippen molar-refractivity contribution in [2.75, 3.05) is 0 Å². The maximum absolute atomic E-state index is 14.0. The van der Waals surface area contributed by atoms with Crippen LogP contribution in [0.5, 0.6) is 0 Å². The molecule has 0 saturated carbocycles. The molecule has 0 fully saturated rings. The highest BCUT2D eigenvalue weighted by atomic mass is 127. The van der Waals surface area contributed by atoms with Crippen molar-refractivity contribution in [3.63, 3.8) is 0 Å². The summed E-state index contributed by atoms with van der Waals surface area (Å²) >= 11 is 0. The van der Waals surface area contributed by atoms with Gasteiger partial charge in [-0.3, -0.25) is 0 Å². The van der Waals surface area contributed by atoms with Crippen molar-refractivity contribution in [1.82, 2.24) is 0 Å². The summed E-state index contributed by atoms with van der Waals surface area (Å²) in [6.45, 7) is 0. The van der Waals surface area contributed by atoms with Gasteiger partial charge in [0.05, 0.1) is 0 Å². The van der Waals surface area contributed by atoms with Crippen molar-refractivity contribution in [2.24, 2.45) is 7.05 Å². The summed E-state index contributed by atoms with van der Waals surface area (Å²) < 4.78 is 15.5. The fourth-order valence-corrected chi connectivity index (χ4v) is 3.70. The summed E-state index contributed by atoms with van der Waals surface area (Å²) in [5.74, 6) is -0.238. The Bertz CT molecular complexity index is 1210. The first-order valence-electron chi connectivity index (χ1n) is 8.04. The number of nitrogens with zero attached hydrogens (tertiary/aromatic N) is 1. The van der Waals surface area contributed by atoms with Gasteiger partial charge in [0, 0.05) is 12.1 Å². The van der Waals surface area contributed by atoms with E-state index in [-0.39, 0.29) is 29.9 Å². The SMILES string of the molecule is C[n+]1ccc(-c2ccc3ccc4cccc5ccc2c3c45)cc1F.[I-]. The van der Waals surface area contributed by atoms with E-state index in [9.17, 15) is 4.39 Å². The van der Waals surface area contributed by atoms with Crippen LogP contribution in [0.1, 0.15) is 0 Å². The van der Waals surface area contributed by atoms with Crippen LogP contribution < -0.4 is 28.5 Å². The van der Waals surface area contributed by atoms with E-state index in [0.29, 0.717) is 0 Å². The van der Waals surface area contributed by atoms with Crippen molar-refractivity contribution < 1.29 is 32.9 Å². The van der Waals surface area contributed by atoms with E-state index in [1.54, 1.807) is 19.3 Å². The van der Waals surface area contributed by atoms with Crippen LogP contribution in [0.2, 0.25) is 0 Å². The largest absolute Gasteiger partial charge is 1.00 e. The van der Waals surface area contributed by atoms with Crippen LogP contribution in [0.25, 0.3) is 43.4 Å². The molecule has 0 bridgehead atoms. The fourth-order valence-electron chi connectivity index (χ4n) is 3.70. The van der Waals surface area contributed by atoms with E-state index >= 15 is 0 Å². The predicted octanol–water partition coefficient (Wildman–Crippen LogP) is 2.22. The van der Waals surface area contributed by atoms with Crippen LogP contribution in [0.4, 0.5) is 4.39 Å². The van der Waals surface area contributed by atoms with E-state index in [0.717, 1.165) is 11.1 Å². The molecule has 5 aromatic rings. The lowest BCUT2D eigenvalue weighted by Crippen LogP contribution is -3.00. The molecule has 0 N–H and O–H groups in total. The smallest absolute Gasteiger partial charge is 0.359 e. The van der Waals surface area contributed by atoms with Gasteiger partial charge >= 0.3 is 5.95 Å². The number of benzene rings is 4. The van der Waals surface area contributed by atoms with Gasteiger partial charge < -0.3 is 24.0 Å². The van der Waals surface area contributed by atoms with Crippen LogP contribution in [-0.2, 0) is 7.05 Å². The van der Waals surface area contributed by atoms with Crippen LogP contribution >= 0.6 is 0 Å². The average Bonchev–Trinajstić information content (AvgIpc) is 2.62. The summed E-state index contributed by atoms with van der Waals surface area (Å²) in [6, 6.07) is 22.8. The molecule has 1 nitrogen and oxygen atoms in total. The lowest BCUT2D eigenvalue weighted by atomic mass is 9.90. The molecular weight excluding hydrogens is 424 g/mol. The topological polar surface area (TPSA) is 3.88 Å². The predicted molar refractivity (Wildman–Crippen MR) is 96.7 cm³/mol. The minimum atomic E-state index is -0.238. The second-order valence-electron chi connectivity index (χ2n) is 6.32. The molecule has 1 heterocycles. The van der Waals surface area contributed by atoms with Gasteiger partial charge in [0.25, 0.3) is 0 Å². The van der Waals surface area contributed by atoms with Gasteiger partial charge in [-0.2, -0.15) is 4.57 Å². The minimum absolute atomic E-state index is 0. The molecule has 0 unspecified atom stereocenters. The summed E-state index contributed by atoms with van der Waals surface area (Å²) in [4.78, 5) is 0. The van der Waals surface area contributed by atoms with Crippen LogP contribution in [0.3, 0.4) is 0 Å². The van der Waals surface area contributed by atoms with E-state index in [2.05, 4.69) is 54.6 Å². The summed E-state index contributed by atoms with van der Waals surface area (Å²) in [5.41, 5.74) is 1.98. The Kier molecular flexibility index (Phi) is 3.84. The number of pyridine rings is 1. The molecule has 0 atom stereocenters. The molecule has 0 aliphatic rings. The molecule has 122 valence electrons. The van der Waals surface area contributed by atoms with Gasteiger partial charge in [0.15, 0.2) is 6.20 Å². The highest BCUT2D eigenvalue weighted by Gasteiger charge is 2.14. The monoisotopic (exact) mass is 439 g/mol. The van der Waals surface area contributed by atoms with Crippen molar-refractivity contribution in [2.45, 2.75) is 0 Å². The Balaban J connectivity index is 0.00000157. The Morgan fingerprint density at radius 1 is 0.760 bits per heavy atom. The van der Waals surface area contributed by atoms with E-state index < -0.39 is 0 Å². The van der Waals surface area contributed by atoms with Gasteiger partial charge in [0.2, 0.25) is 0 Å². The Labute approximate surface area is 162 Å². The van der Waals surface area contributed by atoms with E-state index in [4.69, 9.17) is 0 Å². The fraction of sp³-hybridized carbons (Fsp3) is 0.0455. The molecule has 25 heavy (non-hydrogen) atoms. The van der Waals surface area contributed by atoms with Crippen LogP contribution in [0.15, 0.2) is 72.9 Å². The summed E-state index contributed by atoms with van der Waals surface area (Å²) in [6.07, 6.45) is 1.77. The quantitative estimate of drug-likeness (QED) is 0.163. The normalized spacial score (nSPS) is 11.3. The first-order chi connectivity index (χ1) is 11.7. The lowest BCUT2D eigenvalue weighted by molar-refractivity contribution is -0.700. The molecular formula is C22H15FIN. The number of aryl methyl sites for hydroxylation is 1. The standard InChI is InChI=1S/C22H15FN.HI/c1-24-12-11-17(13-20(24)23)18-9-7-16-6-5-14-3-2-4-15-8-10-19(18)22(16)21(14)15;/h2-13H,1H3;1H/q+1;/p-1. The zero-order valence-electron chi connectivity index (χ0n) is 13.6. The average molecular weight is 439 g/mol. The van der Waals surface area contributed by atoms with Gasteiger partial charge in [-0.05, 0) is 43.4 Å². The number of aromatic nitrogens is 1. The number of hydrogen-bond donors (Lipinski definition) is 0. The van der Waals surface area contributed by atoms with E-state index in [1.807, 2.05) is 6.07 Å². The van der Waals surface area contributed by atoms with Crippen molar-refractivity contribution in [3.8, 4) is 11.1 Å². The molecule has 0 amide bonds. The third kappa shape index (κ3) is 2.37. The van der Waals surface area contributed by atoms with Gasteiger partial charge in [-0.1, -0.05) is 54.6 Å². The van der Waals surface area contributed by atoms with Gasteiger partial charge in [-0.25, -0.2) is 0 Å². The third-order valence-corrected chi connectivity index (χ3v) is 4.93. The molecule has 4 aromatic carbocycles. The molecule has 0 spiro atoms. The highest BCUT2D eigenvalue weighted by Crippen LogP contribution is 2.38. The highest BCUT2D eigenvalue weighted by molar-refractivity contribution is 6.25. The third-order valence-electron chi connectivity index (χ3n) is 4.93. The van der Waals surface area contributed by atoms with Crippen LogP contribution in [-0.4, -0.2) is 0 Å².